The van der Waals surface area contributed by atoms with Crippen molar-refractivity contribution in [2.75, 3.05) is 0 Å². The predicted octanol–water partition coefficient (Wildman–Crippen LogP) is 0.655. The number of rotatable bonds is 2. The summed E-state index contributed by atoms with van der Waals surface area (Å²) in [4.78, 5) is 24.7. The largest absolute Gasteiger partial charge is 1.00 e. The van der Waals surface area contributed by atoms with E-state index in [4.69, 9.17) is 0 Å². The second kappa shape index (κ2) is 7.20. The zero-order valence-corrected chi connectivity index (χ0v) is 18.9. The summed E-state index contributed by atoms with van der Waals surface area (Å²) in [5.41, 5.74) is 3.72. The number of carbonyl (C=O) groups is 2. The summed E-state index contributed by atoms with van der Waals surface area (Å²) < 4.78 is 0. The van der Waals surface area contributed by atoms with Crippen molar-refractivity contribution in [3.05, 3.63) is 95.1 Å². The van der Waals surface area contributed by atoms with Gasteiger partial charge in [-0.2, -0.15) is 0 Å². The van der Waals surface area contributed by atoms with Crippen molar-refractivity contribution >= 4 is 33.5 Å². The first-order valence-corrected chi connectivity index (χ1v) is 10.0. The maximum atomic E-state index is 12.4. The van der Waals surface area contributed by atoms with Gasteiger partial charge in [-0.1, -0.05) is 72.8 Å². The van der Waals surface area contributed by atoms with Gasteiger partial charge in [0.05, 0.1) is 5.92 Å². The molecule has 3 aliphatic rings. The Morgan fingerprint density at radius 2 is 1.13 bits per heavy atom. The molecule has 5 heteroatoms. The summed E-state index contributed by atoms with van der Waals surface area (Å²) in [5.74, 6) is -5.64. The maximum absolute atomic E-state index is 12.4. The second-order valence-corrected chi connectivity index (χ2v) is 8.24. The van der Waals surface area contributed by atoms with E-state index in [1.807, 2.05) is 72.8 Å². The van der Waals surface area contributed by atoms with Gasteiger partial charge >= 0.3 is 35.5 Å². The molecule has 0 fully saturated rings. The van der Waals surface area contributed by atoms with E-state index in [0.717, 1.165) is 43.8 Å². The Morgan fingerprint density at radius 3 is 1.58 bits per heavy atom. The number of hydrogen-bond acceptors (Lipinski definition) is 3. The van der Waals surface area contributed by atoms with Crippen LogP contribution in [0, 0.1) is 11.8 Å². The molecule has 146 valence electrons. The van der Waals surface area contributed by atoms with Gasteiger partial charge in [0.1, 0.15) is 0 Å². The molecule has 3 aliphatic carbocycles. The summed E-state index contributed by atoms with van der Waals surface area (Å²) in [6.45, 7) is 0. The Hall–Kier alpha value is -2.66. The Balaban J connectivity index is 0.00000204. The third-order valence-electron chi connectivity index (χ3n) is 6.96. The van der Waals surface area contributed by atoms with Crippen LogP contribution < -0.4 is 34.7 Å². The minimum absolute atomic E-state index is 0. The number of carboxylic acid groups (broad SMARTS) is 2. The topological polar surface area (TPSA) is 77.4 Å². The number of benzene rings is 4. The molecule has 0 saturated heterocycles. The number of aliphatic carboxylic acids is 2. The van der Waals surface area contributed by atoms with Crippen LogP contribution in [-0.2, 0) is 9.59 Å². The molecule has 0 radical (unpaired) electrons. The first-order chi connectivity index (χ1) is 14.6. The van der Waals surface area contributed by atoms with Crippen LogP contribution in [0.4, 0.5) is 0 Å². The minimum atomic E-state index is -1.30. The standard InChI is InChI=1S/C26H18O4.Na/c27-25(28)23-21-18-12-10-14-6-2-4-8-16(14)20(18)22(24(23)26(29)30)17-11-9-13-5-1-3-7-15(13)19(17)21;/h1-12,21-24H,(H,27,28)(H,29,30);/q;+1/p-1. The van der Waals surface area contributed by atoms with E-state index in [1.165, 1.54) is 0 Å². The van der Waals surface area contributed by atoms with Gasteiger partial charge in [0.2, 0.25) is 0 Å². The van der Waals surface area contributed by atoms with Gasteiger partial charge in [0.15, 0.2) is 0 Å². The van der Waals surface area contributed by atoms with Crippen molar-refractivity contribution in [1.82, 2.24) is 0 Å². The molecule has 31 heavy (non-hydrogen) atoms. The second-order valence-electron chi connectivity index (χ2n) is 8.24. The average Bonchev–Trinajstić information content (AvgIpc) is 2.77. The van der Waals surface area contributed by atoms with Crippen molar-refractivity contribution < 1.29 is 49.4 Å². The number of carbonyl (C=O) groups excluding carboxylic acids is 1. The molecule has 0 aliphatic heterocycles. The minimum Gasteiger partial charge on any atom is -0.550 e. The third-order valence-corrected chi connectivity index (χ3v) is 6.96. The Labute approximate surface area is 200 Å². The van der Waals surface area contributed by atoms with Crippen LogP contribution >= 0.6 is 0 Å². The van der Waals surface area contributed by atoms with Crippen LogP contribution in [0.3, 0.4) is 0 Å². The summed E-state index contributed by atoms with van der Waals surface area (Å²) in [6, 6.07) is 23.8. The van der Waals surface area contributed by atoms with Crippen molar-refractivity contribution in [3.63, 3.8) is 0 Å². The van der Waals surface area contributed by atoms with E-state index < -0.39 is 35.6 Å². The first kappa shape index (κ1) is 20.3. The molecule has 1 N–H and O–H groups in total. The van der Waals surface area contributed by atoms with Gasteiger partial charge in [0.25, 0.3) is 0 Å². The summed E-state index contributed by atoms with van der Waals surface area (Å²) >= 11 is 0. The van der Waals surface area contributed by atoms with Crippen LogP contribution in [-0.4, -0.2) is 17.0 Å². The Morgan fingerprint density at radius 1 is 0.677 bits per heavy atom. The summed E-state index contributed by atoms with van der Waals surface area (Å²) in [5, 5.41) is 26.5. The fraction of sp³-hybridized carbons (Fsp3) is 0.154. The molecular formula is C26H17NaO4. The van der Waals surface area contributed by atoms with Crippen molar-refractivity contribution in [2.45, 2.75) is 11.8 Å². The van der Waals surface area contributed by atoms with Crippen LogP contribution in [0.15, 0.2) is 72.8 Å². The van der Waals surface area contributed by atoms with Gasteiger partial charge in [-0.05, 0) is 43.8 Å². The molecule has 0 heterocycles. The number of carboxylic acids is 2. The van der Waals surface area contributed by atoms with Crippen LogP contribution in [0.2, 0.25) is 0 Å². The van der Waals surface area contributed by atoms with Gasteiger partial charge in [-0.15, -0.1) is 0 Å². The van der Waals surface area contributed by atoms with Crippen LogP contribution in [0.5, 0.6) is 0 Å². The monoisotopic (exact) mass is 416 g/mol. The molecular weight excluding hydrogens is 399 g/mol. The van der Waals surface area contributed by atoms with Crippen molar-refractivity contribution in [2.24, 2.45) is 11.8 Å². The van der Waals surface area contributed by atoms with Crippen molar-refractivity contribution in [3.8, 4) is 0 Å². The SMILES string of the molecule is O=C([O-])C1C2c3ccc4ccccc4c3C(c3ccc4ccccc4c32)C1C(=O)O.[Na+]. The van der Waals surface area contributed by atoms with Gasteiger partial charge in [-0.3, -0.25) is 4.79 Å². The normalized spacial score (nSPS) is 23.1. The average molecular weight is 416 g/mol. The van der Waals surface area contributed by atoms with Gasteiger partial charge in [-0.25, -0.2) is 0 Å². The first-order valence-electron chi connectivity index (χ1n) is 10.0. The quantitative estimate of drug-likeness (QED) is 0.487. The molecule has 4 aromatic carbocycles. The van der Waals surface area contributed by atoms with Gasteiger partial charge in [0, 0.05) is 23.7 Å². The molecule has 4 nitrogen and oxygen atoms in total. The molecule has 4 atom stereocenters. The molecule has 0 saturated carbocycles. The van der Waals surface area contributed by atoms with Crippen molar-refractivity contribution in [1.29, 1.82) is 0 Å². The zero-order chi connectivity index (χ0) is 20.6. The molecule has 4 aromatic rings. The summed E-state index contributed by atoms with van der Waals surface area (Å²) in [7, 11) is 0. The Bertz CT molecular complexity index is 1290. The molecule has 7 rings (SSSR count). The van der Waals surface area contributed by atoms with E-state index >= 15 is 0 Å². The third kappa shape index (κ3) is 2.65. The smallest absolute Gasteiger partial charge is 0.550 e. The van der Waals surface area contributed by atoms with Crippen LogP contribution in [0.25, 0.3) is 21.5 Å². The molecule has 0 amide bonds. The fourth-order valence-corrected chi connectivity index (χ4v) is 5.91. The maximum Gasteiger partial charge on any atom is 1.00 e. The van der Waals surface area contributed by atoms with Gasteiger partial charge < -0.3 is 15.0 Å². The molecule has 0 spiro atoms. The molecule has 0 aromatic heterocycles. The number of fused-ring (bicyclic) bond motifs is 3. The molecule has 4 unspecified atom stereocenters. The van der Waals surface area contributed by atoms with E-state index in [-0.39, 0.29) is 29.6 Å². The van der Waals surface area contributed by atoms with E-state index in [2.05, 4.69) is 0 Å². The molecule has 2 bridgehead atoms. The Kier molecular flexibility index (Phi) is 4.70. The fourth-order valence-electron chi connectivity index (χ4n) is 5.91. The number of hydrogen-bond donors (Lipinski definition) is 1. The van der Waals surface area contributed by atoms with Crippen LogP contribution in [0.1, 0.15) is 34.1 Å². The van der Waals surface area contributed by atoms with E-state index in [0.29, 0.717) is 0 Å². The predicted molar refractivity (Wildman–Crippen MR) is 111 cm³/mol. The zero-order valence-electron chi connectivity index (χ0n) is 16.9. The summed E-state index contributed by atoms with van der Waals surface area (Å²) in [6.07, 6.45) is 0. The van der Waals surface area contributed by atoms with E-state index in [9.17, 15) is 19.8 Å². The van der Waals surface area contributed by atoms with E-state index in [1.54, 1.807) is 0 Å².